The lowest BCUT2D eigenvalue weighted by molar-refractivity contribution is -0.121. The second-order valence-electron chi connectivity index (χ2n) is 4.61. The standard InChI is InChI=1S/C15H24N2O2/c1-3-13(11-17-15(18)9-6-10-16)19-14-8-5-4-7-12(14)2/h4-5,7-8,13H,3,6,9-11,16H2,1-2H3,(H,17,18). The van der Waals surface area contributed by atoms with Crippen LogP contribution in [0.15, 0.2) is 24.3 Å². The fourth-order valence-corrected chi connectivity index (χ4v) is 1.72. The van der Waals surface area contributed by atoms with Crippen molar-refractivity contribution in [3.8, 4) is 5.75 Å². The minimum absolute atomic E-state index is 0.00271. The molecule has 1 rings (SSSR count). The lowest BCUT2D eigenvalue weighted by Gasteiger charge is -2.19. The van der Waals surface area contributed by atoms with E-state index >= 15 is 0 Å². The van der Waals surface area contributed by atoms with Gasteiger partial charge in [-0.05, 0) is 37.9 Å². The maximum atomic E-state index is 11.5. The molecule has 3 N–H and O–H groups in total. The molecule has 0 aromatic heterocycles. The number of carbonyl (C=O) groups excluding carboxylic acids is 1. The lowest BCUT2D eigenvalue weighted by atomic mass is 10.2. The summed E-state index contributed by atoms with van der Waals surface area (Å²) in [4.78, 5) is 11.5. The summed E-state index contributed by atoms with van der Waals surface area (Å²) in [5.41, 5.74) is 6.48. The molecule has 0 spiro atoms. The Balaban J connectivity index is 2.42. The minimum atomic E-state index is 0.00271. The maximum Gasteiger partial charge on any atom is 0.220 e. The van der Waals surface area contributed by atoms with Crippen LogP contribution in [0.1, 0.15) is 31.7 Å². The zero-order chi connectivity index (χ0) is 14.1. The van der Waals surface area contributed by atoms with Crippen molar-refractivity contribution in [3.05, 3.63) is 29.8 Å². The van der Waals surface area contributed by atoms with Gasteiger partial charge in [0.15, 0.2) is 0 Å². The predicted molar refractivity (Wildman–Crippen MR) is 77.2 cm³/mol. The van der Waals surface area contributed by atoms with Gasteiger partial charge in [0.2, 0.25) is 5.91 Å². The van der Waals surface area contributed by atoms with Crippen LogP contribution in [0.4, 0.5) is 0 Å². The first kappa shape index (κ1) is 15.5. The number of nitrogens with two attached hydrogens (primary N) is 1. The third-order valence-corrected chi connectivity index (χ3v) is 2.98. The molecule has 0 saturated carbocycles. The van der Waals surface area contributed by atoms with Gasteiger partial charge < -0.3 is 15.8 Å². The van der Waals surface area contributed by atoms with Crippen LogP contribution in [0.5, 0.6) is 5.75 Å². The Hall–Kier alpha value is -1.55. The molecule has 1 amide bonds. The Bertz CT molecular complexity index is 393. The molecule has 19 heavy (non-hydrogen) atoms. The SMILES string of the molecule is CCC(CNC(=O)CCCN)Oc1ccccc1C. The van der Waals surface area contributed by atoms with Gasteiger partial charge in [0, 0.05) is 6.42 Å². The fourth-order valence-electron chi connectivity index (χ4n) is 1.72. The first-order chi connectivity index (χ1) is 9.17. The Labute approximate surface area is 115 Å². The fraction of sp³-hybridized carbons (Fsp3) is 0.533. The Morgan fingerprint density at radius 3 is 2.79 bits per heavy atom. The number of rotatable bonds is 8. The van der Waals surface area contributed by atoms with E-state index in [2.05, 4.69) is 12.2 Å². The van der Waals surface area contributed by atoms with E-state index in [0.717, 1.165) is 24.2 Å². The molecule has 0 radical (unpaired) electrons. The zero-order valence-electron chi connectivity index (χ0n) is 11.8. The molecule has 0 aliphatic rings. The maximum absolute atomic E-state index is 11.5. The molecule has 106 valence electrons. The van der Waals surface area contributed by atoms with Crippen LogP contribution in [-0.4, -0.2) is 25.1 Å². The summed E-state index contributed by atoms with van der Waals surface area (Å²) in [6.45, 7) is 5.15. The molecule has 0 saturated heterocycles. The normalized spacial score (nSPS) is 11.9. The number of amides is 1. The highest BCUT2D eigenvalue weighted by molar-refractivity contribution is 5.75. The van der Waals surface area contributed by atoms with E-state index < -0.39 is 0 Å². The lowest BCUT2D eigenvalue weighted by Crippen LogP contribution is -2.35. The zero-order valence-corrected chi connectivity index (χ0v) is 11.8. The van der Waals surface area contributed by atoms with E-state index in [1.54, 1.807) is 0 Å². The van der Waals surface area contributed by atoms with Gasteiger partial charge in [-0.2, -0.15) is 0 Å². The van der Waals surface area contributed by atoms with Gasteiger partial charge in [0.25, 0.3) is 0 Å². The molecule has 4 heteroatoms. The number of hydrogen-bond acceptors (Lipinski definition) is 3. The number of hydrogen-bond donors (Lipinski definition) is 2. The molecule has 1 aromatic rings. The molecule has 0 bridgehead atoms. The molecule has 4 nitrogen and oxygen atoms in total. The number of carbonyl (C=O) groups is 1. The van der Waals surface area contributed by atoms with E-state index in [9.17, 15) is 4.79 Å². The molecule has 1 unspecified atom stereocenters. The molecule has 0 aliphatic heterocycles. The van der Waals surface area contributed by atoms with Crippen molar-refractivity contribution in [1.82, 2.24) is 5.32 Å². The molecule has 1 aromatic carbocycles. The highest BCUT2D eigenvalue weighted by atomic mass is 16.5. The van der Waals surface area contributed by atoms with Crippen LogP contribution < -0.4 is 15.8 Å². The van der Waals surface area contributed by atoms with E-state index in [1.807, 2.05) is 31.2 Å². The van der Waals surface area contributed by atoms with Crippen LogP contribution in [-0.2, 0) is 4.79 Å². The Morgan fingerprint density at radius 2 is 2.16 bits per heavy atom. The van der Waals surface area contributed by atoms with Crippen molar-refractivity contribution in [2.24, 2.45) is 5.73 Å². The van der Waals surface area contributed by atoms with Crippen LogP contribution in [0.2, 0.25) is 0 Å². The van der Waals surface area contributed by atoms with Gasteiger partial charge in [-0.25, -0.2) is 0 Å². The molecule has 0 aliphatic carbocycles. The number of ether oxygens (including phenoxy) is 1. The number of nitrogens with one attached hydrogen (secondary N) is 1. The first-order valence-corrected chi connectivity index (χ1v) is 6.86. The Morgan fingerprint density at radius 1 is 1.42 bits per heavy atom. The van der Waals surface area contributed by atoms with Gasteiger partial charge in [-0.3, -0.25) is 4.79 Å². The van der Waals surface area contributed by atoms with Gasteiger partial charge in [0.1, 0.15) is 11.9 Å². The summed E-state index contributed by atoms with van der Waals surface area (Å²) in [6, 6.07) is 7.91. The van der Waals surface area contributed by atoms with Crippen LogP contribution >= 0.6 is 0 Å². The first-order valence-electron chi connectivity index (χ1n) is 6.86. The molecular formula is C15H24N2O2. The van der Waals surface area contributed by atoms with Crippen molar-refractivity contribution < 1.29 is 9.53 Å². The summed E-state index contributed by atoms with van der Waals surface area (Å²) in [6.07, 6.45) is 2.06. The van der Waals surface area contributed by atoms with E-state index in [1.165, 1.54) is 0 Å². The van der Waals surface area contributed by atoms with Crippen LogP contribution in [0.25, 0.3) is 0 Å². The summed E-state index contributed by atoms with van der Waals surface area (Å²) in [5, 5.41) is 2.89. The highest BCUT2D eigenvalue weighted by Gasteiger charge is 2.11. The summed E-state index contributed by atoms with van der Waals surface area (Å²) >= 11 is 0. The molecular weight excluding hydrogens is 240 g/mol. The second kappa shape index (κ2) is 8.53. The third kappa shape index (κ3) is 5.75. The smallest absolute Gasteiger partial charge is 0.220 e. The third-order valence-electron chi connectivity index (χ3n) is 2.98. The average molecular weight is 264 g/mol. The topological polar surface area (TPSA) is 64.4 Å². The van der Waals surface area contributed by atoms with Gasteiger partial charge >= 0.3 is 0 Å². The number of para-hydroxylation sites is 1. The predicted octanol–water partition coefficient (Wildman–Crippen LogP) is 2.01. The Kier molecular flexibility index (Phi) is 6.97. The summed E-state index contributed by atoms with van der Waals surface area (Å²) in [7, 11) is 0. The summed E-state index contributed by atoms with van der Waals surface area (Å²) in [5.74, 6) is 0.919. The van der Waals surface area contributed by atoms with Crippen molar-refractivity contribution >= 4 is 5.91 Å². The van der Waals surface area contributed by atoms with Crippen molar-refractivity contribution in [2.45, 2.75) is 39.2 Å². The quantitative estimate of drug-likeness (QED) is 0.755. The van der Waals surface area contributed by atoms with Crippen molar-refractivity contribution in [1.29, 1.82) is 0 Å². The van der Waals surface area contributed by atoms with Crippen LogP contribution in [0.3, 0.4) is 0 Å². The van der Waals surface area contributed by atoms with Crippen molar-refractivity contribution in [3.63, 3.8) is 0 Å². The van der Waals surface area contributed by atoms with Gasteiger partial charge in [-0.1, -0.05) is 25.1 Å². The number of benzene rings is 1. The monoisotopic (exact) mass is 264 g/mol. The molecule has 0 fully saturated rings. The average Bonchev–Trinajstić information content (AvgIpc) is 2.43. The second-order valence-corrected chi connectivity index (χ2v) is 4.61. The number of aryl methyl sites for hydroxylation is 1. The highest BCUT2D eigenvalue weighted by Crippen LogP contribution is 2.18. The minimum Gasteiger partial charge on any atom is -0.488 e. The largest absolute Gasteiger partial charge is 0.488 e. The van der Waals surface area contributed by atoms with Crippen molar-refractivity contribution in [2.75, 3.05) is 13.1 Å². The molecule has 0 heterocycles. The molecule has 1 atom stereocenters. The summed E-state index contributed by atoms with van der Waals surface area (Å²) < 4.78 is 5.91. The van der Waals surface area contributed by atoms with E-state index in [-0.39, 0.29) is 12.0 Å². The van der Waals surface area contributed by atoms with E-state index in [4.69, 9.17) is 10.5 Å². The van der Waals surface area contributed by atoms with E-state index in [0.29, 0.717) is 19.5 Å². The van der Waals surface area contributed by atoms with Gasteiger partial charge in [-0.15, -0.1) is 0 Å². The van der Waals surface area contributed by atoms with Crippen LogP contribution in [0, 0.1) is 6.92 Å². The van der Waals surface area contributed by atoms with Gasteiger partial charge in [0.05, 0.1) is 6.54 Å².